The van der Waals surface area contributed by atoms with E-state index in [1.54, 1.807) is 11.3 Å². The lowest BCUT2D eigenvalue weighted by molar-refractivity contribution is 0.136. The minimum absolute atomic E-state index is 0.480. The zero-order chi connectivity index (χ0) is 11.5. The van der Waals surface area contributed by atoms with Crippen molar-refractivity contribution in [2.45, 2.75) is 31.8 Å². The van der Waals surface area contributed by atoms with E-state index in [9.17, 15) is 0 Å². The van der Waals surface area contributed by atoms with Crippen LogP contribution >= 0.6 is 11.3 Å². The number of H-pyrrole nitrogens is 1. The highest BCUT2D eigenvalue weighted by Crippen LogP contribution is 2.30. The second-order valence-corrected chi connectivity index (χ2v) is 5.19. The fourth-order valence-electron chi connectivity index (χ4n) is 2.51. The molecule has 0 aromatic carbocycles. The van der Waals surface area contributed by atoms with Gasteiger partial charge in [-0.05, 0) is 25.5 Å². The number of thiazole rings is 1. The van der Waals surface area contributed by atoms with Gasteiger partial charge in [-0.15, -0.1) is 11.3 Å². The van der Waals surface area contributed by atoms with Crippen molar-refractivity contribution in [1.82, 2.24) is 20.1 Å². The van der Waals surface area contributed by atoms with Crippen LogP contribution in [-0.4, -0.2) is 26.6 Å². The molecule has 1 aliphatic rings. The molecular formula is C12H16N4S. The number of nitrogens with zero attached hydrogens (tertiary/aromatic N) is 3. The fourth-order valence-corrected chi connectivity index (χ4v) is 3.06. The van der Waals surface area contributed by atoms with Crippen molar-refractivity contribution in [3.05, 3.63) is 34.5 Å². The minimum Gasteiger partial charge on any atom is -0.289 e. The van der Waals surface area contributed by atoms with Crippen LogP contribution in [0.4, 0.5) is 0 Å². The van der Waals surface area contributed by atoms with Crippen LogP contribution in [0, 0.1) is 0 Å². The van der Waals surface area contributed by atoms with E-state index in [4.69, 9.17) is 0 Å². The number of rotatable bonds is 3. The Balaban J connectivity index is 1.76. The Bertz CT molecular complexity index is 437. The number of aromatic amines is 1. The van der Waals surface area contributed by atoms with Gasteiger partial charge in [-0.25, -0.2) is 4.98 Å². The second kappa shape index (κ2) is 4.98. The third-order valence-corrected chi connectivity index (χ3v) is 3.98. The third-order valence-electron chi connectivity index (χ3n) is 3.34. The molecule has 0 bridgehead atoms. The molecule has 1 N–H and O–H groups in total. The van der Waals surface area contributed by atoms with Crippen LogP contribution in [0.5, 0.6) is 0 Å². The summed E-state index contributed by atoms with van der Waals surface area (Å²) < 4.78 is 0. The fraction of sp³-hybridized carbons (Fsp3) is 0.500. The summed E-state index contributed by atoms with van der Waals surface area (Å²) in [5.74, 6) is 0. The molecule has 1 fully saturated rings. The first-order valence-electron chi connectivity index (χ1n) is 6.04. The van der Waals surface area contributed by atoms with E-state index >= 15 is 0 Å². The molecule has 2 aromatic rings. The van der Waals surface area contributed by atoms with Gasteiger partial charge in [0.2, 0.25) is 0 Å². The van der Waals surface area contributed by atoms with Gasteiger partial charge in [-0.2, -0.15) is 5.10 Å². The molecule has 3 rings (SSSR count). The molecule has 17 heavy (non-hydrogen) atoms. The Labute approximate surface area is 105 Å². The van der Waals surface area contributed by atoms with Crippen LogP contribution in [-0.2, 0) is 6.54 Å². The molecule has 3 heterocycles. The Morgan fingerprint density at radius 1 is 1.47 bits per heavy atom. The van der Waals surface area contributed by atoms with Gasteiger partial charge in [0.1, 0.15) is 0 Å². The van der Waals surface area contributed by atoms with E-state index in [-0.39, 0.29) is 0 Å². The van der Waals surface area contributed by atoms with Crippen LogP contribution < -0.4 is 0 Å². The summed E-state index contributed by atoms with van der Waals surface area (Å²) >= 11 is 1.67. The largest absolute Gasteiger partial charge is 0.289 e. The summed E-state index contributed by atoms with van der Waals surface area (Å²) in [7, 11) is 0. The minimum atomic E-state index is 0.480. The normalized spacial score (nSPS) is 21.8. The molecule has 90 valence electrons. The summed E-state index contributed by atoms with van der Waals surface area (Å²) in [6.07, 6.45) is 5.64. The lowest BCUT2D eigenvalue weighted by Gasteiger charge is -2.34. The molecule has 1 saturated heterocycles. The topological polar surface area (TPSA) is 44.8 Å². The Morgan fingerprint density at radius 3 is 3.24 bits per heavy atom. The van der Waals surface area contributed by atoms with Gasteiger partial charge in [0.15, 0.2) is 0 Å². The summed E-state index contributed by atoms with van der Waals surface area (Å²) in [5, 5.41) is 9.31. The van der Waals surface area contributed by atoms with Crippen molar-refractivity contribution >= 4 is 11.3 Å². The van der Waals surface area contributed by atoms with Gasteiger partial charge in [-0.3, -0.25) is 10.00 Å². The second-order valence-electron chi connectivity index (χ2n) is 4.47. The molecule has 0 aliphatic carbocycles. The quantitative estimate of drug-likeness (QED) is 0.908. The van der Waals surface area contributed by atoms with E-state index in [0.717, 1.165) is 13.1 Å². The Hall–Kier alpha value is -1.20. The molecule has 5 heteroatoms. The molecule has 0 spiro atoms. The first-order chi connectivity index (χ1) is 8.43. The van der Waals surface area contributed by atoms with E-state index < -0.39 is 0 Å². The van der Waals surface area contributed by atoms with Crippen LogP contribution in [0.3, 0.4) is 0 Å². The van der Waals surface area contributed by atoms with Crippen molar-refractivity contribution in [1.29, 1.82) is 0 Å². The van der Waals surface area contributed by atoms with Crippen molar-refractivity contribution in [2.24, 2.45) is 0 Å². The Morgan fingerprint density at radius 2 is 2.47 bits per heavy atom. The highest BCUT2D eigenvalue weighted by Gasteiger charge is 2.25. The summed E-state index contributed by atoms with van der Waals surface area (Å²) in [6.45, 7) is 2.11. The first-order valence-corrected chi connectivity index (χ1v) is 6.98. The predicted octanol–water partition coefficient (Wildman–Crippen LogP) is 2.59. The number of hydrogen-bond donors (Lipinski definition) is 1. The monoisotopic (exact) mass is 248 g/mol. The van der Waals surface area contributed by atoms with Crippen LogP contribution in [0.15, 0.2) is 23.2 Å². The summed E-state index contributed by atoms with van der Waals surface area (Å²) in [4.78, 5) is 6.88. The molecule has 2 aromatic heterocycles. The number of piperidine rings is 1. The standard InChI is InChI=1S/C12H16N4S/c1-2-6-16(7-10-8-17-9-13-10)12(3-1)11-4-5-14-15-11/h4-5,8-9,12H,1-3,6-7H2,(H,14,15). The average Bonchev–Trinajstić information content (AvgIpc) is 3.01. The van der Waals surface area contributed by atoms with Crippen molar-refractivity contribution < 1.29 is 0 Å². The van der Waals surface area contributed by atoms with E-state index in [1.807, 2.05) is 11.7 Å². The highest BCUT2D eigenvalue weighted by molar-refractivity contribution is 7.07. The van der Waals surface area contributed by atoms with Crippen molar-refractivity contribution in [3.8, 4) is 0 Å². The van der Waals surface area contributed by atoms with Gasteiger partial charge in [0, 0.05) is 18.1 Å². The van der Waals surface area contributed by atoms with E-state index in [2.05, 4.69) is 31.5 Å². The van der Waals surface area contributed by atoms with E-state index in [1.165, 1.54) is 30.7 Å². The highest BCUT2D eigenvalue weighted by atomic mass is 32.1. The van der Waals surface area contributed by atoms with Crippen LogP contribution in [0.2, 0.25) is 0 Å². The zero-order valence-electron chi connectivity index (χ0n) is 9.67. The number of hydrogen-bond acceptors (Lipinski definition) is 4. The van der Waals surface area contributed by atoms with Crippen LogP contribution in [0.1, 0.15) is 36.7 Å². The van der Waals surface area contributed by atoms with Gasteiger partial charge >= 0.3 is 0 Å². The predicted molar refractivity (Wildman–Crippen MR) is 67.7 cm³/mol. The molecule has 1 atom stereocenters. The maximum atomic E-state index is 4.38. The molecule has 0 amide bonds. The molecule has 0 saturated carbocycles. The third kappa shape index (κ3) is 2.40. The molecule has 1 aliphatic heterocycles. The maximum absolute atomic E-state index is 4.38. The number of likely N-dealkylation sites (tertiary alicyclic amines) is 1. The van der Waals surface area contributed by atoms with E-state index in [0.29, 0.717) is 6.04 Å². The smallest absolute Gasteiger partial charge is 0.0795 e. The lowest BCUT2D eigenvalue weighted by atomic mass is 9.99. The van der Waals surface area contributed by atoms with Crippen LogP contribution in [0.25, 0.3) is 0 Å². The molecular weight excluding hydrogens is 232 g/mol. The van der Waals surface area contributed by atoms with Crippen molar-refractivity contribution in [2.75, 3.05) is 6.54 Å². The van der Waals surface area contributed by atoms with Gasteiger partial charge in [0.05, 0.1) is 22.9 Å². The first kappa shape index (κ1) is 10.9. The average molecular weight is 248 g/mol. The maximum Gasteiger partial charge on any atom is 0.0795 e. The SMILES string of the molecule is c1cc(C2CCCCN2Cc2cscn2)[nH]n1. The summed E-state index contributed by atoms with van der Waals surface area (Å²) in [6, 6.07) is 2.57. The number of aromatic nitrogens is 3. The lowest BCUT2D eigenvalue weighted by Crippen LogP contribution is -2.33. The van der Waals surface area contributed by atoms with Gasteiger partial charge in [0.25, 0.3) is 0 Å². The molecule has 4 nitrogen and oxygen atoms in total. The molecule has 1 unspecified atom stereocenters. The van der Waals surface area contributed by atoms with Crippen molar-refractivity contribution in [3.63, 3.8) is 0 Å². The van der Waals surface area contributed by atoms with Gasteiger partial charge < -0.3 is 0 Å². The van der Waals surface area contributed by atoms with Gasteiger partial charge in [-0.1, -0.05) is 6.42 Å². The Kier molecular flexibility index (Phi) is 3.20. The summed E-state index contributed by atoms with van der Waals surface area (Å²) in [5.41, 5.74) is 4.33. The molecule has 0 radical (unpaired) electrons. The number of nitrogens with one attached hydrogen (secondary N) is 1. The zero-order valence-corrected chi connectivity index (χ0v) is 10.5.